The summed E-state index contributed by atoms with van der Waals surface area (Å²) in [7, 11) is 0. The third kappa shape index (κ3) is 7.66. The lowest BCUT2D eigenvalue weighted by molar-refractivity contribution is -0.134. The van der Waals surface area contributed by atoms with Gasteiger partial charge in [0.25, 0.3) is 0 Å². The van der Waals surface area contributed by atoms with Crippen molar-refractivity contribution >= 4 is 23.4 Å². The third-order valence-electron chi connectivity index (χ3n) is 7.75. The summed E-state index contributed by atoms with van der Waals surface area (Å²) in [5.74, 6) is -2.03. The first-order valence-corrected chi connectivity index (χ1v) is 13.2. The topological polar surface area (TPSA) is 98.1 Å². The number of benzene rings is 1. The van der Waals surface area contributed by atoms with E-state index in [4.69, 9.17) is 10.2 Å². The zero-order valence-electron chi connectivity index (χ0n) is 20.7. The van der Waals surface area contributed by atoms with Crippen LogP contribution in [0.5, 0.6) is 0 Å². The Hall–Kier alpha value is -2.67. The SMILES string of the molecule is O=C(O)/C=C/C(=O)O.O=C1CCN(c2ccccc2)C12CCN(C1CCCCCCCCC1)CC2. The number of hydrogen-bond donors (Lipinski definition) is 2. The van der Waals surface area contributed by atoms with E-state index in [0.717, 1.165) is 44.9 Å². The largest absolute Gasteiger partial charge is 0.478 e. The molecule has 1 aromatic carbocycles. The van der Waals surface area contributed by atoms with Crippen LogP contribution in [0, 0.1) is 0 Å². The number of piperidine rings is 1. The van der Waals surface area contributed by atoms with Crippen molar-refractivity contribution < 1.29 is 24.6 Å². The van der Waals surface area contributed by atoms with Crippen molar-refractivity contribution in [3.63, 3.8) is 0 Å². The van der Waals surface area contributed by atoms with Crippen molar-refractivity contribution in [3.8, 4) is 0 Å². The highest BCUT2D eigenvalue weighted by atomic mass is 16.4. The molecule has 0 unspecified atom stereocenters. The number of nitrogens with zero attached hydrogens (tertiary/aromatic N) is 2. The molecule has 0 atom stereocenters. The monoisotopic (exact) mass is 484 g/mol. The number of carbonyl (C=O) groups is 3. The Balaban J connectivity index is 0.000000371. The summed E-state index contributed by atoms with van der Waals surface area (Å²) >= 11 is 0. The predicted molar refractivity (Wildman–Crippen MR) is 137 cm³/mol. The van der Waals surface area contributed by atoms with Gasteiger partial charge in [-0.15, -0.1) is 0 Å². The molecule has 0 bridgehead atoms. The van der Waals surface area contributed by atoms with Crippen LogP contribution in [0.25, 0.3) is 0 Å². The second kappa shape index (κ2) is 13.4. The minimum Gasteiger partial charge on any atom is -0.478 e. The van der Waals surface area contributed by atoms with Gasteiger partial charge in [-0.1, -0.05) is 63.1 Å². The minimum absolute atomic E-state index is 0.228. The molecule has 2 heterocycles. The summed E-state index contributed by atoms with van der Waals surface area (Å²) in [4.78, 5) is 37.2. The molecule has 1 spiro atoms. The van der Waals surface area contributed by atoms with Crippen LogP contribution in [0.1, 0.15) is 77.0 Å². The summed E-state index contributed by atoms with van der Waals surface area (Å²) in [6.45, 7) is 3.09. The van der Waals surface area contributed by atoms with Crippen molar-refractivity contribution in [2.24, 2.45) is 0 Å². The molecular formula is C28H40N2O5. The number of para-hydroxylation sites is 1. The molecule has 4 rings (SSSR count). The van der Waals surface area contributed by atoms with Crippen molar-refractivity contribution in [1.29, 1.82) is 0 Å². The van der Waals surface area contributed by atoms with Crippen molar-refractivity contribution in [1.82, 2.24) is 4.90 Å². The van der Waals surface area contributed by atoms with Gasteiger partial charge in [-0.3, -0.25) is 4.79 Å². The lowest BCUT2D eigenvalue weighted by Gasteiger charge is -2.47. The maximum Gasteiger partial charge on any atom is 0.328 e. The first-order valence-electron chi connectivity index (χ1n) is 13.2. The van der Waals surface area contributed by atoms with Crippen molar-refractivity contribution in [2.75, 3.05) is 24.5 Å². The maximum atomic E-state index is 12.9. The molecule has 0 radical (unpaired) electrons. The number of hydrogen-bond acceptors (Lipinski definition) is 5. The van der Waals surface area contributed by atoms with Crippen molar-refractivity contribution in [3.05, 3.63) is 42.5 Å². The summed E-state index contributed by atoms with van der Waals surface area (Å²) < 4.78 is 0. The number of likely N-dealkylation sites (tertiary alicyclic amines) is 1. The number of Topliss-reactive ketones (excluding diaryl/α,β-unsaturated/α-hetero) is 1. The second-order valence-electron chi connectivity index (χ2n) is 9.94. The minimum atomic E-state index is -1.26. The molecule has 2 saturated heterocycles. The zero-order valence-corrected chi connectivity index (χ0v) is 20.7. The van der Waals surface area contributed by atoms with E-state index in [1.165, 1.54) is 63.5 Å². The molecule has 2 N–H and O–H groups in total. The number of ketones is 1. The number of rotatable bonds is 4. The van der Waals surface area contributed by atoms with E-state index in [1.807, 2.05) is 0 Å². The standard InChI is InChI=1S/C24H36N2O.C4H4O4/c27-23-15-18-26(22-13-9-6-10-14-22)24(23)16-19-25(20-17-24)21-11-7-4-2-1-3-5-8-12-21;5-3(6)1-2-4(7)8/h6,9-10,13-14,21H,1-5,7-8,11-12,15-20H2;1-2H,(H,5,6)(H,7,8)/b;2-1+. The fraction of sp³-hybridized carbons (Fsp3) is 0.607. The van der Waals surface area contributed by atoms with Gasteiger partial charge in [0.1, 0.15) is 5.54 Å². The molecule has 1 aromatic rings. The van der Waals surface area contributed by atoms with Gasteiger partial charge in [0.05, 0.1) is 0 Å². The molecule has 7 nitrogen and oxygen atoms in total. The lowest BCUT2D eigenvalue weighted by atomic mass is 9.82. The lowest BCUT2D eigenvalue weighted by Crippen LogP contribution is -2.57. The summed E-state index contributed by atoms with van der Waals surface area (Å²) in [6, 6.07) is 11.4. The summed E-state index contributed by atoms with van der Waals surface area (Å²) in [5.41, 5.74) is 1.00. The maximum absolute atomic E-state index is 12.9. The van der Waals surface area contributed by atoms with E-state index in [2.05, 4.69) is 40.1 Å². The van der Waals surface area contributed by atoms with E-state index in [0.29, 0.717) is 17.9 Å². The van der Waals surface area contributed by atoms with Crippen LogP contribution in [-0.2, 0) is 14.4 Å². The molecule has 1 saturated carbocycles. The van der Waals surface area contributed by atoms with E-state index >= 15 is 0 Å². The van der Waals surface area contributed by atoms with Gasteiger partial charge in [-0.2, -0.15) is 0 Å². The number of carboxylic acid groups (broad SMARTS) is 2. The molecule has 7 heteroatoms. The van der Waals surface area contributed by atoms with E-state index < -0.39 is 11.9 Å². The molecule has 192 valence electrons. The molecule has 0 amide bonds. The Kier molecular flexibility index (Phi) is 10.3. The average molecular weight is 485 g/mol. The Morgan fingerprint density at radius 1 is 0.800 bits per heavy atom. The quantitative estimate of drug-likeness (QED) is 0.586. The Labute approximate surface area is 208 Å². The van der Waals surface area contributed by atoms with Gasteiger partial charge in [0.15, 0.2) is 5.78 Å². The zero-order chi connectivity index (χ0) is 25.1. The van der Waals surface area contributed by atoms with Gasteiger partial charge < -0.3 is 20.0 Å². The van der Waals surface area contributed by atoms with Gasteiger partial charge >= 0.3 is 11.9 Å². The molecule has 0 aromatic heterocycles. The van der Waals surface area contributed by atoms with Gasteiger partial charge in [-0.05, 0) is 37.8 Å². The highest BCUT2D eigenvalue weighted by molar-refractivity contribution is 5.95. The fourth-order valence-corrected chi connectivity index (χ4v) is 5.90. The number of anilines is 1. The van der Waals surface area contributed by atoms with Gasteiger partial charge in [0.2, 0.25) is 0 Å². The van der Waals surface area contributed by atoms with E-state index in [1.54, 1.807) is 0 Å². The van der Waals surface area contributed by atoms with E-state index in [-0.39, 0.29) is 5.54 Å². The molecular weight excluding hydrogens is 444 g/mol. The number of carboxylic acids is 2. The van der Waals surface area contributed by atoms with Crippen LogP contribution in [0.15, 0.2) is 42.5 Å². The molecule has 2 aliphatic heterocycles. The van der Waals surface area contributed by atoms with Crippen LogP contribution in [0.4, 0.5) is 5.69 Å². The number of aliphatic carboxylic acids is 2. The van der Waals surface area contributed by atoms with Crippen molar-refractivity contribution in [2.45, 2.75) is 88.6 Å². The average Bonchev–Trinajstić information content (AvgIpc) is 3.18. The van der Waals surface area contributed by atoms with Gasteiger partial charge in [0, 0.05) is 49.9 Å². The smallest absolute Gasteiger partial charge is 0.328 e. The molecule has 3 aliphatic rings. The van der Waals surface area contributed by atoms with Gasteiger partial charge in [-0.25, -0.2) is 9.59 Å². The van der Waals surface area contributed by atoms with Crippen LogP contribution >= 0.6 is 0 Å². The molecule has 3 fully saturated rings. The fourth-order valence-electron chi connectivity index (χ4n) is 5.90. The molecule has 35 heavy (non-hydrogen) atoms. The molecule has 1 aliphatic carbocycles. The number of carbonyl (C=O) groups excluding carboxylic acids is 1. The van der Waals surface area contributed by atoms with Crippen LogP contribution in [0.2, 0.25) is 0 Å². The van der Waals surface area contributed by atoms with E-state index in [9.17, 15) is 14.4 Å². The van der Waals surface area contributed by atoms with Crippen LogP contribution in [0.3, 0.4) is 0 Å². The highest BCUT2D eigenvalue weighted by Gasteiger charge is 2.50. The summed E-state index contributed by atoms with van der Waals surface area (Å²) in [5, 5.41) is 15.6. The Morgan fingerprint density at radius 2 is 1.31 bits per heavy atom. The normalized spacial score (nSPS) is 22.1. The third-order valence-corrected chi connectivity index (χ3v) is 7.75. The Morgan fingerprint density at radius 3 is 1.83 bits per heavy atom. The van der Waals surface area contributed by atoms with Crippen LogP contribution < -0.4 is 4.90 Å². The Bertz CT molecular complexity index is 835. The first-order chi connectivity index (χ1) is 16.9. The highest BCUT2D eigenvalue weighted by Crippen LogP contribution is 2.40. The second-order valence-corrected chi connectivity index (χ2v) is 9.94. The predicted octanol–water partition coefficient (Wildman–Crippen LogP) is 4.91. The first kappa shape index (κ1) is 26.9. The summed E-state index contributed by atoms with van der Waals surface area (Å²) in [6.07, 6.45) is 16.5. The van der Waals surface area contributed by atoms with Crippen LogP contribution in [-0.4, -0.2) is 64.0 Å².